The average Bonchev–Trinajstić information content (AvgIpc) is 2.97. The van der Waals surface area contributed by atoms with Gasteiger partial charge in [-0.05, 0) is 61.7 Å². The number of benzene rings is 2. The number of carbonyl (C=O) groups is 1. The molecule has 2 heterocycles. The number of rotatable bonds is 10. The van der Waals surface area contributed by atoms with Crippen LogP contribution in [-0.4, -0.2) is 34.7 Å². The van der Waals surface area contributed by atoms with Crippen LogP contribution in [0.5, 0.6) is 17.4 Å². The van der Waals surface area contributed by atoms with E-state index in [0.29, 0.717) is 35.3 Å². The summed E-state index contributed by atoms with van der Waals surface area (Å²) in [5.74, 6) is 1.80. The molecule has 0 aliphatic rings. The first-order chi connectivity index (χ1) is 20.1. The zero-order valence-corrected chi connectivity index (χ0v) is 23.5. The zero-order valence-electron chi connectivity index (χ0n) is 23.5. The van der Waals surface area contributed by atoms with Crippen molar-refractivity contribution in [2.75, 3.05) is 24.4 Å². The van der Waals surface area contributed by atoms with Crippen molar-refractivity contribution in [3.63, 3.8) is 0 Å². The standard InChI is InChI=1S/C30H30F3N5O4/c1-5-20-9-10-22(14-24(20)30(31,32)33)37-29(39)38-25-16-34-27(36-18(25)3)21-13-26(41-6-2)28(35-15-21)42-17-19-7-11-23(40-4)12-8-19/h7-16H,5-6,17H2,1-4H3,(H2,37,38,39). The predicted molar refractivity (Wildman–Crippen MR) is 152 cm³/mol. The molecule has 0 aliphatic heterocycles. The van der Waals surface area contributed by atoms with E-state index in [2.05, 4.69) is 25.6 Å². The van der Waals surface area contributed by atoms with Gasteiger partial charge >= 0.3 is 12.2 Å². The van der Waals surface area contributed by atoms with Gasteiger partial charge in [0.15, 0.2) is 11.6 Å². The number of halogens is 3. The van der Waals surface area contributed by atoms with Crippen molar-refractivity contribution in [2.45, 2.75) is 40.0 Å². The van der Waals surface area contributed by atoms with E-state index in [1.54, 1.807) is 33.2 Å². The average molecular weight is 582 g/mol. The molecule has 2 aromatic heterocycles. The van der Waals surface area contributed by atoms with Crippen LogP contribution in [0.25, 0.3) is 11.4 Å². The largest absolute Gasteiger partial charge is 0.497 e. The molecule has 0 saturated heterocycles. The molecule has 0 fully saturated rings. The van der Waals surface area contributed by atoms with Gasteiger partial charge < -0.3 is 24.8 Å². The second-order valence-corrected chi connectivity index (χ2v) is 9.09. The molecule has 4 rings (SSSR count). The van der Waals surface area contributed by atoms with Gasteiger partial charge in [-0.2, -0.15) is 13.2 Å². The topological polar surface area (TPSA) is 107 Å². The second-order valence-electron chi connectivity index (χ2n) is 9.09. The number of amides is 2. The summed E-state index contributed by atoms with van der Waals surface area (Å²) >= 11 is 0. The minimum absolute atomic E-state index is 0.0102. The van der Waals surface area contributed by atoms with Crippen LogP contribution < -0.4 is 24.8 Å². The van der Waals surface area contributed by atoms with Crippen molar-refractivity contribution < 1.29 is 32.2 Å². The lowest BCUT2D eigenvalue weighted by Crippen LogP contribution is -2.21. The molecule has 12 heteroatoms. The number of methoxy groups -OCH3 is 1. The molecule has 0 saturated carbocycles. The van der Waals surface area contributed by atoms with Gasteiger partial charge in [0.25, 0.3) is 5.88 Å². The van der Waals surface area contributed by atoms with Gasteiger partial charge in [-0.1, -0.05) is 25.1 Å². The Morgan fingerprint density at radius 3 is 2.36 bits per heavy atom. The molecule has 42 heavy (non-hydrogen) atoms. The van der Waals surface area contributed by atoms with Crippen LogP contribution in [0.2, 0.25) is 0 Å². The van der Waals surface area contributed by atoms with E-state index in [-0.39, 0.29) is 30.0 Å². The summed E-state index contributed by atoms with van der Waals surface area (Å²) in [7, 11) is 1.60. The van der Waals surface area contributed by atoms with Gasteiger partial charge in [0.1, 0.15) is 12.4 Å². The Labute approximate surface area is 241 Å². The van der Waals surface area contributed by atoms with E-state index in [9.17, 15) is 18.0 Å². The van der Waals surface area contributed by atoms with Crippen molar-refractivity contribution >= 4 is 17.4 Å². The Bertz CT molecular complexity index is 1550. The molecule has 0 aliphatic carbocycles. The number of hydrogen-bond acceptors (Lipinski definition) is 7. The highest BCUT2D eigenvalue weighted by Crippen LogP contribution is 2.34. The third kappa shape index (κ3) is 7.45. The fourth-order valence-corrected chi connectivity index (χ4v) is 4.03. The van der Waals surface area contributed by atoms with Crippen LogP contribution in [-0.2, 0) is 19.2 Å². The summed E-state index contributed by atoms with van der Waals surface area (Å²) in [6.07, 6.45) is -1.35. The van der Waals surface area contributed by atoms with Crippen molar-refractivity contribution in [2.24, 2.45) is 0 Å². The van der Waals surface area contributed by atoms with Crippen molar-refractivity contribution in [3.8, 4) is 28.8 Å². The minimum Gasteiger partial charge on any atom is -0.497 e. The first-order valence-corrected chi connectivity index (χ1v) is 13.1. The number of pyridine rings is 1. The van der Waals surface area contributed by atoms with E-state index >= 15 is 0 Å². The summed E-state index contributed by atoms with van der Waals surface area (Å²) in [6, 6.07) is 12.1. The van der Waals surface area contributed by atoms with Crippen LogP contribution in [0.4, 0.5) is 29.3 Å². The number of anilines is 2. The molecule has 0 atom stereocenters. The van der Waals surface area contributed by atoms with E-state index in [0.717, 1.165) is 17.4 Å². The quantitative estimate of drug-likeness (QED) is 0.206. The molecule has 0 spiro atoms. The molecular formula is C30H30F3N5O4. The lowest BCUT2D eigenvalue weighted by molar-refractivity contribution is -0.138. The van der Waals surface area contributed by atoms with Gasteiger partial charge in [0.05, 0.1) is 36.9 Å². The van der Waals surface area contributed by atoms with Crippen molar-refractivity contribution in [1.82, 2.24) is 15.0 Å². The van der Waals surface area contributed by atoms with Gasteiger partial charge in [-0.25, -0.2) is 19.7 Å². The van der Waals surface area contributed by atoms with E-state index in [4.69, 9.17) is 14.2 Å². The van der Waals surface area contributed by atoms with Gasteiger partial charge in [-0.15, -0.1) is 0 Å². The van der Waals surface area contributed by atoms with Crippen molar-refractivity contribution in [3.05, 3.63) is 83.3 Å². The Morgan fingerprint density at radius 2 is 1.71 bits per heavy atom. The third-order valence-corrected chi connectivity index (χ3v) is 6.19. The number of urea groups is 1. The fraction of sp³-hybridized carbons (Fsp3) is 0.267. The van der Waals surface area contributed by atoms with E-state index in [1.165, 1.54) is 18.3 Å². The number of nitrogens with one attached hydrogen (secondary N) is 2. The first kappa shape index (κ1) is 30.1. The SMILES string of the molecule is CCOc1cc(-c2ncc(NC(=O)Nc3ccc(CC)c(C(F)(F)F)c3)c(C)n2)cnc1OCc1ccc(OC)cc1. The summed E-state index contributed by atoms with van der Waals surface area (Å²) in [4.78, 5) is 25.7. The maximum Gasteiger partial charge on any atom is 0.416 e. The molecular weight excluding hydrogens is 551 g/mol. The van der Waals surface area contributed by atoms with Gasteiger partial charge in [0.2, 0.25) is 0 Å². The third-order valence-electron chi connectivity index (χ3n) is 6.19. The Balaban J connectivity index is 1.46. The smallest absolute Gasteiger partial charge is 0.416 e. The highest BCUT2D eigenvalue weighted by Gasteiger charge is 2.33. The maximum absolute atomic E-state index is 13.4. The van der Waals surface area contributed by atoms with Crippen LogP contribution in [0.1, 0.15) is 36.2 Å². The van der Waals surface area contributed by atoms with Crippen LogP contribution in [0.3, 0.4) is 0 Å². The molecule has 0 bridgehead atoms. The van der Waals surface area contributed by atoms with E-state index in [1.807, 2.05) is 31.2 Å². The van der Waals surface area contributed by atoms with Crippen molar-refractivity contribution in [1.29, 1.82) is 0 Å². The van der Waals surface area contributed by atoms with Gasteiger partial charge in [0, 0.05) is 17.4 Å². The number of ether oxygens (including phenoxy) is 3. The summed E-state index contributed by atoms with van der Waals surface area (Å²) in [6.45, 7) is 5.80. The number of aromatic nitrogens is 3. The number of carbonyl (C=O) groups excluding carboxylic acids is 1. The monoisotopic (exact) mass is 581 g/mol. The molecule has 9 nitrogen and oxygen atoms in total. The summed E-state index contributed by atoms with van der Waals surface area (Å²) < 4.78 is 56.9. The fourth-order valence-electron chi connectivity index (χ4n) is 4.03. The number of hydrogen-bond donors (Lipinski definition) is 2. The summed E-state index contributed by atoms with van der Waals surface area (Å²) in [5, 5.41) is 5.01. The normalized spacial score (nSPS) is 11.1. The van der Waals surface area contributed by atoms with E-state index < -0.39 is 17.8 Å². The molecule has 0 unspecified atom stereocenters. The lowest BCUT2D eigenvalue weighted by atomic mass is 10.0. The molecule has 4 aromatic rings. The molecule has 0 radical (unpaired) electrons. The second kappa shape index (κ2) is 13.2. The molecule has 220 valence electrons. The van der Waals surface area contributed by atoms with Crippen LogP contribution in [0.15, 0.2) is 60.9 Å². The lowest BCUT2D eigenvalue weighted by Gasteiger charge is -2.15. The number of alkyl halides is 3. The predicted octanol–water partition coefficient (Wildman–Crippen LogP) is 7.06. The molecule has 2 N–H and O–H groups in total. The zero-order chi connectivity index (χ0) is 30.3. The van der Waals surface area contributed by atoms with Gasteiger partial charge in [-0.3, -0.25) is 0 Å². The highest BCUT2D eigenvalue weighted by atomic mass is 19.4. The first-order valence-electron chi connectivity index (χ1n) is 13.1. The Kier molecular flexibility index (Phi) is 9.46. The summed E-state index contributed by atoms with van der Waals surface area (Å²) in [5.41, 5.74) is 1.58. The molecule has 2 aromatic carbocycles. The molecule has 2 amide bonds. The minimum atomic E-state index is -4.53. The number of nitrogens with zero attached hydrogens (tertiary/aromatic N) is 3. The van der Waals surface area contributed by atoms with Crippen LogP contribution in [0, 0.1) is 6.92 Å². The van der Waals surface area contributed by atoms with Crippen LogP contribution >= 0.6 is 0 Å². The maximum atomic E-state index is 13.4. The Hall–Kier alpha value is -4.87. The number of aryl methyl sites for hydroxylation is 2. The highest BCUT2D eigenvalue weighted by molar-refractivity contribution is 6.00. The Morgan fingerprint density at radius 1 is 0.952 bits per heavy atom.